The van der Waals surface area contributed by atoms with Crippen molar-refractivity contribution in [2.24, 2.45) is 0 Å². The van der Waals surface area contributed by atoms with Crippen molar-refractivity contribution in [1.82, 2.24) is 0 Å². The van der Waals surface area contributed by atoms with Gasteiger partial charge in [0.05, 0.1) is 4.83 Å². The van der Waals surface area contributed by atoms with Crippen molar-refractivity contribution in [2.45, 2.75) is 16.6 Å². The molecule has 1 aromatic rings. The van der Waals surface area contributed by atoms with E-state index in [0.29, 0.717) is 0 Å². The van der Waals surface area contributed by atoms with Crippen LogP contribution in [0.5, 0.6) is 0 Å². The molecule has 0 N–H and O–H groups in total. The molecule has 0 spiro atoms. The first-order valence-electron chi connectivity index (χ1n) is 4.05. The highest BCUT2D eigenvalue weighted by Crippen LogP contribution is 2.33. The van der Waals surface area contributed by atoms with Gasteiger partial charge in [0, 0.05) is 8.47 Å². The van der Waals surface area contributed by atoms with Crippen LogP contribution < -0.4 is 0 Å². The summed E-state index contributed by atoms with van der Waals surface area (Å²) in [5.74, 6) is 0.140. The van der Waals surface area contributed by atoms with Gasteiger partial charge in [-0.25, -0.2) is 0 Å². The van der Waals surface area contributed by atoms with Gasteiger partial charge in [-0.2, -0.15) is 0 Å². The molecule has 0 aliphatic heterocycles. The zero-order valence-corrected chi connectivity index (χ0v) is 12.4. The van der Waals surface area contributed by atoms with Crippen LogP contribution in [0.4, 0.5) is 0 Å². The number of halogens is 2. The van der Waals surface area contributed by atoms with E-state index in [-0.39, 0.29) is 10.6 Å². The largest absolute Gasteiger partial charge is 0.298 e. The third-order valence-electron chi connectivity index (χ3n) is 1.84. The molecule has 14 heavy (non-hydrogen) atoms. The minimum absolute atomic E-state index is 0.140. The van der Waals surface area contributed by atoms with Crippen LogP contribution in [0.15, 0.2) is 23.1 Å². The molecule has 0 aliphatic rings. The number of alkyl halides is 1. The second kappa shape index (κ2) is 5.51. The van der Waals surface area contributed by atoms with Gasteiger partial charge in [0.2, 0.25) is 0 Å². The quantitative estimate of drug-likeness (QED) is 0.444. The summed E-state index contributed by atoms with van der Waals surface area (Å²) in [6.07, 6.45) is 2.04. The number of ketones is 1. The fourth-order valence-electron chi connectivity index (χ4n) is 1.10. The van der Waals surface area contributed by atoms with Crippen LogP contribution in [0, 0.1) is 3.57 Å². The fraction of sp³-hybridized carbons (Fsp3) is 0.300. The molecular formula is C10H10BrIOS. The number of benzene rings is 1. The van der Waals surface area contributed by atoms with E-state index in [9.17, 15) is 4.79 Å². The first-order valence-corrected chi connectivity index (χ1v) is 7.26. The van der Waals surface area contributed by atoms with Gasteiger partial charge < -0.3 is 0 Å². The first kappa shape index (κ1) is 12.5. The van der Waals surface area contributed by atoms with Crippen LogP contribution in [-0.4, -0.2) is 12.0 Å². The van der Waals surface area contributed by atoms with Crippen molar-refractivity contribution in [3.63, 3.8) is 0 Å². The molecule has 0 aromatic heterocycles. The minimum atomic E-state index is -0.179. The molecule has 0 radical (unpaired) electrons. The summed E-state index contributed by atoms with van der Waals surface area (Å²) in [5.41, 5.74) is 1.06. The van der Waals surface area contributed by atoms with E-state index in [0.717, 1.165) is 9.13 Å². The standard InChI is InChI=1S/C10H10BrIOS/c1-6(13)9(11)7-4-3-5-8(14-2)10(7)12/h3-5,9H,1-2H3. The lowest BCUT2D eigenvalue weighted by Crippen LogP contribution is -2.03. The number of rotatable bonds is 3. The van der Waals surface area contributed by atoms with Gasteiger partial charge in [0.15, 0.2) is 0 Å². The van der Waals surface area contributed by atoms with E-state index in [2.05, 4.69) is 44.6 Å². The SMILES string of the molecule is CSc1cccc(C(Br)C(C)=O)c1I. The summed E-state index contributed by atoms with van der Waals surface area (Å²) in [6, 6.07) is 6.04. The van der Waals surface area contributed by atoms with Gasteiger partial charge in [-0.05, 0) is 47.4 Å². The van der Waals surface area contributed by atoms with Crippen molar-refractivity contribution in [3.05, 3.63) is 27.3 Å². The van der Waals surface area contributed by atoms with Gasteiger partial charge in [0.1, 0.15) is 5.78 Å². The summed E-state index contributed by atoms with van der Waals surface area (Å²) in [6.45, 7) is 1.60. The Labute approximate surface area is 110 Å². The third-order valence-corrected chi connectivity index (χ3v) is 5.33. The monoisotopic (exact) mass is 384 g/mol. The molecule has 1 aromatic carbocycles. The minimum Gasteiger partial charge on any atom is -0.298 e. The molecular weight excluding hydrogens is 375 g/mol. The Morgan fingerprint density at radius 1 is 1.57 bits per heavy atom. The molecule has 1 rings (SSSR count). The maximum atomic E-state index is 11.2. The van der Waals surface area contributed by atoms with Crippen LogP contribution in [-0.2, 0) is 4.79 Å². The molecule has 0 amide bonds. The van der Waals surface area contributed by atoms with Crippen molar-refractivity contribution in [1.29, 1.82) is 0 Å². The Kier molecular flexibility index (Phi) is 4.93. The number of hydrogen-bond donors (Lipinski definition) is 0. The highest BCUT2D eigenvalue weighted by atomic mass is 127. The van der Waals surface area contributed by atoms with Crippen LogP contribution >= 0.6 is 50.3 Å². The van der Waals surface area contributed by atoms with E-state index >= 15 is 0 Å². The lowest BCUT2D eigenvalue weighted by atomic mass is 10.1. The third kappa shape index (κ3) is 2.73. The number of carbonyl (C=O) groups excluding carboxylic acids is 1. The van der Waals surface area contributed by atoms with Crippen LogP contribution in [0.2, 0.25) is 0 Å². The predicted octanol–water partition coefficient (Wildman–Crippen LogP) is 4.04. The van der Waals surface area contributed by atoms with Crippen molar-refractivity contribution >= 4 is 56.1 Å². The zero-order chi connectivity index (χ0) is 10.7. The first-order chi connectivity index (χ1) is 6.57. The highest BCUT2D eigenvalue weighted by molar-refractivity contribution is 14.1. The predicted molar refractivity (Wildman–Crippen MR) is 73.3 cm³/mol. The van der Waals surface area contributed by atoms with Gasteiger partial charge in [-0.3, -0.25) is 4.79 Å². The van der Waals surface area contributed by atoms with Crippen molar-refractivity contribution in [2.75, 3.05) is 6.26 Å². The molecule has 1 nitrogen and oxygen atoms in total. The van der Waals surface area contributed by atoms with Crippen LogP contribution in [0.1, 0.15) is 17.3 Å². The second-order valence-corrected chi connectivity index (χ2v) is 5.68. The lowest BCUT2D eigenvalue weighted by molar-refractivity contribution is -0.116. The van der Waals surface area contributed by atoms with Gasteiger partial charge >= 0.3 is 0 Å². The fourth-order valence-corrected chi connectivity index (χ4v) is 3.75. The molecule has 0 saturated heterocycles. The number of carbonyl (C=O) groups is 1. The zero-order valence-electron chi connectivity index (χ0n) is 7.88. The summed E-state index contributed by atoms with van der Waals surface area (Å²) < 4.78 is 1.16. The van der Waals surface area contributed by atoms with Crippen molar-refractivity contribution < 1.29 is 4.79 Å². The molecule has 1 atom stereocenters. The molecule has 0 saturated carbocycles. The van der Waals surface area contributed by atoms with Crippen molar-refractivity contribution in [3.8, 4) is 0 Å². The maximum Gasteiger partial charge on any atom is 0.147 e. The Hall–Kier alpha value is 0.450. The molecule has 0 aliphatic carbocycles. The number of Topliss-reactive ketones (excluding diaryl/α,β-unsaturated/α-hetero) is 1. The Bertz CT molecular complexity index is 354. The Morgan fingerprint density at radius 2 is 2.21 bits per heavy atom. The smallest absolute Gasteiger partial charge is 0.147 e. The topological polar surface area (TPSA) is 17.1 Å². The summed E-state index contributed by atoms with van der Waals surface area (Å²) >= 11 is 7.39. The van der Waals surface area contributed by atoms with E-state index in [1.54, 1.807) is 18.7 Å². The van der Waals surface area contributed by atoms with Gasteiger partial charge in [-0.15, -0.1) is 11.8 Å². The molecule has 1 unspecified atom stereocenters. The molecule has 76 valence electrons. The summed E-state index contributed by atoms with van der Waals surface area (Å²) in [4.78, 5) is 12.3. The molecule has 0 heterocycles. The Morgan fingerprint density at radius 3 is 2.71 bits per heavy atom. The van der Waals surface area contributed by atoms with E-state index < -0.39 is 0 Å². The summed E-state index contributed by atoms with van der Waals surface area (Å²) in [5, 5.41) is 0. The number of thioether (sulfide) groups is 1. The van der Waals surface area contributed by atoms with Gasteiger partial charge in [-0.1, -0.05) is 28.1 Å². The Balaban J connectivity index is 3.15. The second-order valence-electron chi connectivity index (χ2n) is 2.84. The maximum absolute atomic E-state index is 11.2. The van der Waals surface area contributed by atoms with E-state index in [1.807, 2.05) is 18.4 Å². The van der Waals surface area contributed by atoms with E-state index in [4.69, 9.17) is 0 Å². The molecule has 0 fully saturated rings. The van der Waals surface area contributed by atoms with Crippen LogP contribution in [0.3, 0.4) is 0 Å². The van der Waals surface area contributed by atoms with Gasteiger partial charge in [0.25, 0.3) is 0 Å². The lowest BCUT2D eigenvalue weighted by Gasteiger charge is -2.11. The highest BCUT2D eigenvalue weighted by Gasteiger charge is 2.16. The average molecular weight is 385 g/mol. The molecule has 4 heteroatoms. The van der Waals surface area contributed by atoms with E-state index in [1.165, 1.54) is 4.90 Å². The van der Waals surface area contributed by atoms with Crippen LogP contribution in [0.25, 0.3) is 0 Å². The number of hydrogen-bond acceptors (Lipinski definition) is 2. The molecule has 0 bridgehead atoms. The normalized spacial score (nSPS) is 12.6. The average Bonchev–Trinajstić information content (AvgIpc) is 2.17. The summed E-state index contributed by atoms with van der Waals surface area (Å²) in [7, 11) is 0.